The summed E-state index contributed by atoms with van der Waals surface area (Å²) in [5, 5.41) is 3.29. The molecule has 2 amide bonds. The second-order valence-electron chi connectivity index (χ2n) is 10.4. The van der Waals surface area contributed by atoms with Gasteiger partial charge in [-0.2, -0.15) is 0 Å². The number of sulfonamides is 1. The average molecular weight is 602 g/mol. The summed E-state index contributed by atoms with van der Waals surface area (Å²) >= 11 is 6.14. The quantitative estimate of drug-likeness (QED) is 0.280. The van der Waals surface area contributed by atoms with Crippen LogP contribution in [0.3, 0.4) is 0 Å². The van der Waals surface area contributed by atoms with Crippen molar-refractivity contribution in [2.24, 2.45) is 0 Å². The summed E-state index contributed by atoms with van der Waals surface area (Å²) in [6.45, 7) is 5.36. The van der Waals surface area contributed by atoms with Gasteiger partial charge in [0.2, 0.25) is 21.8 Å². The zero-order valence-corrected chi connectivity index (χ0v) is 25.4. The second-order valence-corrected chi connectivity index (χ2v) is 12.7. The molecule has 0 spiro atoms. The Labute approximate surface area is 247 Å². The average Bonchev–Trinajstić information content (AvgIpc) is 2.90. The number of anilines is 1. The fraction of sp³-hybridized carbons (Fsp3) is 0.355. The van der Waals surface area contributed by atoms with E-state index in [0.29, 0.717) is 10.7 Å². The summed E-state index contributed by atoms with van der Waals surface area (Å²) in [5.74, 6) is -1.21. The highest BCUT2D eigenvalue weighted by molar-refractivity contribution is 7.92. The largest absolute Gasteiger partial charge is 0.352 e. The van der Waals surface area contributed by atoms with E-state index in [1.165, 1.54) is 15.3 Å². The van der Waals surface area contributed by atoms with Crippen LogP contribution in [-0.4, -0.2) is 50.0 Å². The van der Waals surface area contributed by atoms with Crippen LogP contribution in [0.5, 0.6) is 0 Å². The molecule has 0 aliphatic heterocycles. The van der Waals surface area contributed by atoms with Gasteiger partial charge in [0.15, 0.2) is 0 Å². The molecular formula is C31H37ClFN3O4S. The highest BCUT2D eigenvalue weighted by Gasteiger charge is 2.31. The van der Waals surface area contributed by atoms with Gasteiger partial charge in [-0.25, -0.2) is 12.8 Å². The highest BCUT2D eigenvalue weighted by atomic mass is 35.5. The Morgan fingerprint density at radius 2 is 1.66 bits per heavy atom. The number of benzene rings is 3. The summed E-state index contributed by atoms with van der Waals surface area (Å²) in [4.78, 5) is 28.7. The minimum atomic E-state index is -3.68. The maximum Gasteiger partial charge on any atom is 0.243 e. The van der Waals surface area contributed by atoms with Gasteiger partial charge in [0.1, 0.15) is 11.9 Å². The maximum absolute atomic E-state index is 14.7. The molecule has 3 aromatic carbocycles. The molecule has 0 bridgehead atoms. The van der Waals surface area contributed by atoms with Crippen LogP contribution in [0.2, 0.25) is 5.02 Å². The van der Waals surface area contributed by atoms with Crippen molar-refractivity contribution in [1.29, 1.82) is 0 Å². The molecule has 3 rings (SSSR count). The number of carbonyl (C=O) groups is 2. The Hall–Kier alpha value is -3.43. The van der Waals surface area contributed by atoms with Crippen LogP contribution in [0.4, 0.5) is 10.1 Å². The fourth-order valence-corrected chi connectivity index (χ4v) is 5.76. The molecule has 1 unspecified atom stereocenters. The molecule has 0 fully saturated rings. The van der Waals surface area contributed by atoms with Gasteiger partial charge < -0.3 is 10.2 Å². The van der Waals surface area contributed by atoms with Gasteiger partial charge in [-0.05, 0) is 56.5 Å². The first-order valence-electron chi connectivity index (χ1n) is 13.5. The predicted molar refractivity (Wildman–Crippen MR) is 162 cm³/mol. The number of aryl methyl sites for hydroxylation is 1. The molecule has 41 heavy (non-hydrogen) atoms. The molecule has 0 aromatic heterocycles. The molecule has 10 heteroatoms. The Morgan fingerprint density at radius 3 is 2.29 bits per heavy atom. The molecule has 0 saturated carbocycles. The van der Waals surface area contributed by atoms with E-state index in [1.54, 1.807) is 43.3 Å². The van der Waals surface area contributed by atoms with Gasteiger partial charge >= 0.3 is 0 Å². The summed E-state index contributed by atoms with van der Waals surface area (Å²) in [6, 6.07) is 19.4. The fourth-order valence-electron chi connectivity index (χ4n) is 4.58. The van der Waals surface area contributed by atoms with Crippen molar-refractivity contribution >= 4 is 39.1 Å². The molecule has 1 N–H and O–H groups in total. The number of nitrogens with zero attached hydrogens (tertiary/aromatic N) is 2. The number of hydrogen-bond donors (Lipinski definition) is 1. The standard InChI is InChI=1S/C31H37ClFN3O4S/c1-22(2)34-31(38)29(19-24-11-6-5-7-12-24)35(21-25-13-8-9-14-27(25)33)30(37)15-10-18-36(41(4,39)40)28-20-26(32)17-16-23(28)3/h5-9,11-14,16-17,20,22,29H,10,15,18-19,21H2,1-4H3,(H,34,38). The zero-order valence-electron chi connectivity index (χ0n) is 23.8. The van der Waals surface area contributed by atoms with Crippen molar-refractivity contribution in [3.05, 3.63) is 100 Å². The summed E-state index contributed by atoms with van der Waals surface area (Å²) in [7, 11) is -3.68. The van der Waals surface area contributed by atoms with Gasteiger partial charge in [0.25, 0.3) is 0 Å². The van der Waals surface area contributed by atoms with Crippen LogP contribution in [0, 0.1) is 12.7 Å². The van der Waals surface area contributed by atoms with Crippen molar-refractivity contribution in [1.82, 2.24) is 10.2 Å². The van der Waals surface area contributed by atoms with Crippen molar-refractivity contribution in [3.63, 3.8) is 0 Å². The normalized spacial score (nSPS) is 12.2. The Kier molecular flexibility index (Phi) is 11.3. The summed E-state index contributed by atoms with van der Waals surface area (Å²) in [6.07, 6.45) is 1.46. The Balaban J connectivity index is 1.91. The molecular weight excluding hydrogens is 565 g/mol. The molecule has 0 radical (unpaired) electrons. The van der Waals surface area contributed by atoms with Crippen LogP contribution in [0.15, 0.2) is 72.8 Å². The lowest BCUT2D eigenvalue weighted by molar-refractivity contribution is -0.141. The third-order valence-corrected chi connectivity index (χ3v) is 8.01. The lowest BCUT2D eigenvalue weighted by Gasteiger charge is -2.32. The highest BCUT2D eigenvalue weighted by Crippen LogP contribution is 2.27. The number of halogens is 2. The number of hydrogen-bond acceptors (Lipinski definition) is 4. The van der Waals surface area contributed by atoms with E-state index in [-0.39, 0.29) is 55.8 Å². The SMILES string of the molecule is Cc1ccc(Cl)cc1N(CCCC(=O)N(Cc1ccccc1F)C(Cc1ccccc1)C(=O)NC(C)C)S(C)(=O)=O. The van der Waals surface area contributed by atoms with E-state index in [1.807, 2.05) is 44.2 Å². The molecule has 0 heterocycles. The first-order chi connectivity index (χ1) is 19.4. The molecule has 0 aliphatic carbocycles. The van der Waals surface area contributed by atoms with Crippen molar-refractivity contribution in [2.45, 2.75) is 58.7 Å². The third kappa shape index (κ3) is 9.30. The van der Waals surface area contributed by atoms with Crippen LogP contribution < -0.4 is 9.62 Å². The van der Waals surface area contributed by atoms with Gasteiger partial charge in [-0.1, -0.05) is 66.2 Å². The van der Waals surface area contributed by atoms with E-state index < -0.39 is 21.9 Å². The van der Waals surface area contributed by atoms with Gasteiger partial charge in [0, 0.05) is 42.6 Å². The molecule has 3 aromatic rings. The lowest BCUT2D eigenvalue weighted by Crippen LogP contribution is -2.52. The smallest absolute Gasteiger partial charge is 0.243 e. The topological polar surface area (TPSA) is 86.8 Å². The van der Waals surface area contributed by atoms with Crippen LogP contribution in [0.1, 0.15) is 43.4 Å². The first kappa shape index (κ1) is 32.1. The molecule has 1 atom stereocenters. The number of carbonyl (C=O) groups excluding carboxylic acids is 2. The lowest BCUT2D eigenvalue weighted by atomic mass is 10.0. The molecule has 7 nitrogen and oxygen atoms in total. The van der Waals surface area contributed by atoms with Crippen LogP contribution >= 0.6 is 11.6 Å². The van der Waals surface area contributed by atoms with Gasteiger partial charge in [-0.3, -0.25) is 13.9 Å². The van der Waals surface area contributed by atoms with E-state index in [4.69, 9.17) is 11.6 Å². The maximum atomic E-state index is 14.7. The minimum absolute atomic E-state index is 0.0286. The summed E-state index contributed by atoms with van der Waals surface area (Å²) in [5.41, 5.74) is 2.29. The van der Waals surface area contributed by atoms with E-state index in [9.17, 15) is 22.4 Å². The van der Waals surface area contributed by atoms with E-state index >= 15 is 0 Å². The molecule has 0 aliphatic rings. The minimum Gasteiger partial charge on any atom is -0.352 e. The summed E-state index contributed by atoms with van der Waals surface area (Å²) < 4.78 is 41.3. The second kappa shape index (κ2) is 14.5. The van der Waals surface area contributed by atoms with Gasteiger partial charge in [-0.15, -0.1) is 0 Å². The Bertz CT molecular complexity index is 1450. The zero-order chi connectivity index (χ0) is 30.2. The Morgan fingerprint density at radius 1 is 1.00 bits per heavy atom. The first-order valence-corrected chi connectivity index (χ1v) is 15.7. The van der Waals surface area contributed by atoms with Crippen molar-refractivity contribution in [2.75, 3.05) is 17.1 Å². The molecule has 0 saturated heterocycles. The van der Waals surface area contributed by atoms with Crippen LogP contribution in [-0.2, 0) is 32.6 Å². The third-order valence-electron chi connectivity index (χ3n) is 6.59. The van der Waals surface area contributed by atoms with Crippen molar-refractivity contribution in [3.8, 4) is 0 Å². The van der Waals surface area contributed by atoms with Gasteiger partial charge in [0.05, 0.1) is 11.9 Å². The number of amides is 2. The predicted octanol–water partition coefficient (Wildman–Crippen LogP) is 5.50. The number of nitrogens with one attached hydrogen (secondary N) is 1. The van der Waals surface area contributed by atoms with E-state index in [2.05, 4.69) is 5.32 Å². The molecule has 220 valence electrons. The van der Waals surface area contributed by atoms with Crippen LogP contribution in [0.25, 0.3) is 0 Å². The monoisotopic (exact) mass is 601 g/mol. The van der Waals surface area contributed by atoms with Crippen molar-refractivity contribution < 1.29 is 22.4 Å². The van der Waals surface area contributed by atoms with E-state index in [0.717, 1.165) is 17.4 Å². The number of rotatable bonds is 13.